The van der Waals surface area contributed by atoms with E-state index in [1.54, 1.807) is 0 Å². The molecule has 0 saturated carbocycles. The van der Waals surface area contributed by atoms with E-state index in [1.165, 1.54) is 17.5 Å². The highest BCUT2D eigenvalue weighted by molar-refractivity contribution is 7.98. The monoisotopic (exact) mass is 205 g/mol. The molecule has 1 aliphatic heterocycles. The van der Waals surface area contributed by atoms with Crippen LogP contribution in [0.1, 0.15) is 5.56 Å². The van der Waals surface area contributed by atoms with Crippen LogP contribution in [0.5, 0.6) is 0 Å². The molecule has 0 unspecified atom stereocenters. The molecule has 0 fully saturated rings. The first kappa shape index (κ1) is 7.87. The Kier molecular flexibility index (Phi) is 1.55. The molecule has 0 radical (unpaired) electrons. The molecular weight excluding hydrogens is 198 g/mol. The third-order valence-corrected chi connectivity index (χ3v) is 3.07. The maximum absolute atomic E-state index is 11.1. The van der Waals surface area contributed by atoms with Crippen LogP contribution in [-0.2, 0) is 6.42 Å². The zero-order chi connectivity index (χ0) is 9.54. The Balaban J connectivity index is 2.34. The molecule has 5 heteroatoms. The smallest absolute Gasteiger partial charge is 0.306 e. The standard InChI is InChI=1S/C9H7N3OS/c13-9-11-6-3-5-1-2-10-14-8(5)4-7(6)12-9/h2-4H,1H2,(H2,11,12,13). The number of rotatable bonds is 0. The van der Waals surface area contributed by atoms with Crippen LogP contribution in [-0.4, -0.2) is 16.2 Å². The highest BCUT2D eigenvalue weighted by Crippen LogP contribution is 2.29. The Morgan fingerprint density at radius 3 is 2.93 bits per heavy atom. The third kappa shape index (κ3) is 1.09. The summed E-state index contributed by atoms with van der Waals surface area (Å²) >= 11 is 1.45. The summed E-state index contributed by atoms with van der Waals surface area (Å²) in [7, 11) is 0. The first-order chi connectivity index (χ1) is 6.83. The summed E-state index contributed by atoms with van der Waals surface area (Å²) in [5.74, 6) is 0. The van der Waals surface area contributed by atoms with Crippen molar-refractivity contribution in [3.63, 3.8) is 0 Å². The van der Waals surface area contributed by atoms with Gasteiger partial charge in [0.2, 0.25) is 0 Å². The summed E-state index contributed by atoms with van der Waals surface area (Å²) in [5, 5.41) is 0. The topological polar surface area (TPSA) is 61.0 Å². The number of aromatic amines is 2. The van der Waals surface area contributed by atoms with Gasteiger partial charge >= 0.3 is 5.69 Å². The zero-order valence-electron chi connectivity index (χ0n) is 7.20. The fraction of sp³-hybridized carbons (Fsp3) is 0.111. The number of nitrogens with zero attached hydrogens (tertiary/aromatic N) is 1. The molecule has 1 aliphatic rings. The fourth-order valence-corrected chi connectivity index (χ4v) is 2.27. The second-order valence-electron chi connectivity index (χ2n) is 3.17. The molecule has 0 spiro atoms. The number of aromatic nitrogens is 2. The number of fused-ring (bicyclic) bond motifs is 2. The Labute approximate surface area is 83.6 Å². The summed E-state index contributed by atoms with van der Waals surface area (Å²) in [6.07, 6.45) is 2.72. The van der Waals surface area contributed by atoms with Crippen LogP contribution in [0.4, 0.5) is 0 Å². The van der Waals surface area contributed by atoms with Crippen molar-refractivity contribution in [1.82, 2.24) is 9.97 Å². The number of imidazole rings is 1. The lowest BCUT2D eigenvalue weighted by Gasteiger charge is -2.08. The number of benzene rings is 1. The average molecular weight is 205 g/mol. The fourth-order valence-electron chi connectivity index (χ4n) is 1.58. The van der Waals surface area contributed by atoms with Gasteiger partial charge in [-0.25, -0.2) is 9.19 Å². The van der Waals surface area contributed by atoms with Crippen LogP contribution in [0.2, 0.25) is 0 Å². The zero-order valence-corrected chi connectivity index (χ0v) is 8.02. The molecule has 0 saturated heterocycles. The average Bonchev–Trinajstić information content (AvgIpc) is 2.53. The lowest BCUT2D eigenvalue weighted by molar-refractivity contribution is 1.21. The third-order valence-electron chi connectivity index (χ3n) is 2.23. The SMILES string of the molecule is O=c1[nH]c2cc3c(cc2[nH]1)SN=CC3. The quantitative estimate of drug-likeness (QED) is 0.640. The molecule has 1 aromatic carbocycles. The Hall–Kier alpha value is -1.49. The van der Waals surface area contributed by atoms with Crippen LogP contribution in [0, 0.1) is 0 Å². The van der Waals surface area contributed by atoms with Crippen molar-refractivity contribution in [2.24, 2.45) is 4.40 Å². The normalized spacial score (nSPS) is 14.6. The van der Waals surface area contributed by atoms with E-state index in [0.717, 1.165) is 22.3 Å². The van der Waals surface area contributed by atoms with Crippen LogP contribution in [0.3, 0.4) is 0 Å². The molecule has 14 heavy (non-hydrogen) atoms. The maximum atomic E-state index is 11.1. The minimum Gasteiger partial charge on any atom is -0.306 e. The van der Waals surface area contributed by atoms with Crippen molar-refractivity contribution in [3.8, 4) is 0 Å². The van der Waals surface area contributed by atoms with Gasteiger partial charge in [-0.15, -0.1) is 0 Å². The lowest BCUT2D eigenvalue weighted by atomic mass is 10.1. The Morgan fingerprint density at radius 1 is 1.29 bits per heavy atom. The van der Waals surface area contributed by atoms with E-state index < -0.39 is 0 Å². The van der Waals surface area contributed by atoms with Gasteiger partial charge in [0.1, 0.15) is 0 Å². The number of nitrogens with one attached hydrogen (secondary N) is 2. The number of hydrogen-bond donors (Lipinski definition) is 2. The van der Waals surface area contributed by atoms with E-state index in [1.807, 2.05) is 18.3 Å². The molecule has 2 heterocycles. The molecule has 2 N–H and O–H groups in total. The van der Waals surface area contributed by atoms with Crippen LogP contribution >= 0.6 is 11.9 Å². The molecule has 70 valence electrons. The maximum Gasteiger partial charge on any atom is 0.323 e. The van der Waals surface area contributed by atoms with Gasteiger partial charge in [0.05, 0.1) is 11.0 Å². The summed E-state index contributed by atoms with van der Waals surface area (Å²) in [4.78, 5) is 17.7. The predicted molar refractivity (Wildman–Crippen MR) is 57.0 cm³/mol. The first-order valence-electron chi connectivity index (χ1n) is 4.27. The van der Waals surface area contributed by atoms with Crippen LogP contribution in [0.15, 0.2) is 26.2 Å². The van der Waals surface area contributed by atoms with Crippen molar-refractivity contribution < 1.29 is 0 Å². The number of hydrogen-bond acceptors (Lipinski definition) is 3. The van der Waals surface area contributed by atoms with E-state index in [2.05, 4.69) is 14.4 Å². The van der Waals surface area contributed by atoms with Gasteiger partial charge < -0.3 is 9.97 Å². The Bertz CT molecular complexity index is 533. The minimum atomic E-state index is -0.159. The molecule has 0 atom stereocenters. The summed E-state index contributed by atoms with van der Waals surface area (Å²) in [5.41, 5.74) is 2.77. The van der Waals surface area contributed by atoms with E-state index in [9.17, 15) is 4.79 Å². The van der Waals surface area contributed by atoms with E-state index in [0.29, 0.717) is 0 Å². The predicted octanol–water partition coefficient (Wildman–Crippen LogP) is 1.49. The molecular formula is C9H7N3OS. The van der Waals surface area contributed by atoms with Gasteiger partial charge in [-0.3, -0.25) is 0 Å². The van der Waals surface area contributed by atoms with E-state index in [4.69, 9.17) is 0 Å². The molecule has 0 bridgehead atoms. The van der Waals surface area contributed by atoms with Crippen LogP contribution in [0.25, 0.3) is 11.0 Å². The van der Waals surface area contributed by atoms with Gasteiger partial charge in [-0.2, -0.15) is 0 Å². The Morgan fingerprint density at radius 2 is 2.07 bits per heavy atom. The van der Waals surface area contributed by atoms with Crippen LogP contribution < -0.4 is 5.69 Å². The van der Waals surface area contributed by atoms with E-state index in [-0.39, 0.29) is 5.69 Å². The van der Waals surface area contributed by atoms with Gasteiger partial charge in [0.15, 0.2) is 0 Å². The first-order valence-corrected chi connectivity index (χ1v) is 5.04. The molecule has 4 nitrogen and oxygen atoms in total. The van der Waals surface area contributed by atoms with Gasteiger partial charge in [0, 0.05) is 29.5 Å². The number of H-pyrrole nitrogens is 2. The second kappa shape index (κ2) is 2.75. The molecule has 2 aromatic rings. The van der Waals surface area contributed by atoms with Crippen molar-refractivity contribution in [2.75, 3.05) is 0 Å². The second-order valence-corrected chi connectivity index (χ2v) is 4.00. The summed E-state index contributed by atoms with van der Waals surface area (Å²) in [6, 6.07) is 3.96. The van der Waals surface area contributed by atoms with Gasteiger partial charge in [-0.05, 0) is 17.7 Å². The minimum absolute atomic E-state index is 0.159. The lowest BCUT2D eigenvalue weighted by Crippen LogP contribution is -1.99. The highest BCUT2D eigenvalue weighted by atomic mass is 32.2. The summed E-state index contributed by atoms with van der Waals surface area (Å²) < 4.78 is 4.12. The van der Waals surface area contributed by atoms with E-state index >= 15 is 0 Å². The molecule has 1 aromatic heterocycles. The van der Waals surface area contributed by atoms with Crippen molar-refractivity contribution >= 4 is 29.2 Å². The molecule has 3 rings (SSSR count). The van der Waals surface area contributed by atoms with Gasteiger partial charge in [-0.1, -0.05) is 0 Å². The largest absolute Gasteiger partial charge is 0.323 e. The van der Waals surface area contributed by atoms with Crippen molar-refractivity contribution in [3.05, 3.63) is 28.2 Å². The molecule has 0 amide bonds. The summed E-state index contributed by atoms with van der Waals surface area (Å²) in [6.45, 7) is 0. The van der Waals surface area contributed by atoms with Gasteiger partial charge in [0.25, 0.3) is 0 Å². The highest BCUT2D eigenvalue weighted by Gasteiger charge is 2.09. The van der Waals surface area contributed by atoms with Crippen molar-refractivity contribution in [2.45, 2.75) is 11.3 Å². The molecule has 0 aliphatic carbocycles. The van der Waals surface area contributed by atoms with Crippen molar-refractivity contribution in [1.29, 1.82) is 0 Å².